The molecule has 0 amide bonds. The number of ether oxygens (including phenoxy) is 2. The summed E-state index contributed by atoms with van der Waals surface area (Å²) < 4.78 is 11.9. The van der Waals surface area contributed by atoms with Crippen LogP contribution in [0.1, 0.15) is 75.0 Å². The molecular weight excluding hydrogens is 378 g/mol. The molecule has 0 aliphatic heterocycles. The van der Waals surface area contributed by atoms with Crippen LogP contribution in [-0.4, -0.2) is 11.5 Å². The van der Waals surface area contributed by atoms with Crippen LogP contribution in [-0.2, 0) is 6.61 Å². The Morgan fingerprint density at radius 1 is 0.833 bits per heavy atom. The van der Waals surface area contributed by atoms with E-state index in [0.29, 0.717) is 17.9 Å². The second-order valence-electron chi connectivity index (χ2n) is 7.93. The summed E-state index contributed by atoms with van der Waals surface area (Å²) in [5.74, 6) is 1.45. The van der Waals surface area contributed by atoms with Crippen molar-refractivity contribution in [1.29, 1.82) is 0 Å². The number of non-ortho nitro benzene ring substituents is 1. The van der Waals surface area contributed by atoms with E-state index in [1.165, 1.54) is 44.6 Å². The predicted octanol–water partition coefficient (Wildman–Crippen LogP) is 7.31. The van der Waals surface area contributed by atoms with Gasteiger partial charge in [-0.15, -0.1) is 0 Å². The van der Waals surface area contributed by atoms with Gasteiger partial charge in [-0.3, -0.25) is 10.1 Å². The number of nitrogens with zero attached hydrogens (tertiary/aromatic N) is 1. The van der Waals surface area contributed by atoms with E-state index in [0.717, 1.165) is 29.7 Å². The van der Waals surface area contributed by atoms with E-state index in [2.05, 4.69) is 6.92 Å². The SMILES string of the molecule is CCCCCCCCCCOc1ccc([N+](=O)[O-])cc1COc1cc(C)ccc1C. The number of nitro benzene ring substituents is 1. The highest BCUT2D eigenvalue weighted by Gasteiger charge is 2.13. The summed E-state index contributed by atoms with van der Waals surface area (Å²) >= 11 is 0. The molecule has 0 unspecified atom stereocenters. The van der Waals surface area contributed by atoms with Crippen LogP contribution in [0.4, 0.5) is 5.69 Å². The minimum Gasteiger partial charge on any atom is -0.493 e. The van der Waals surface area contributed by atoms with Crippen LogP contribution in [0.2, 0.25) is 0 Å². The fraction of sp³-hybridized carbons (Fsp3) is 0.520. The molecule has 0 fully saturated rings. The molecule has 0 aliphatic carbocycles. The summed E-state index contributed by atoms with van der Waals surface area (Å²) in [7, 11) is 0. The minimum atomic E-state index is -0.385. The molecule has 0 saturated carbocycles. The van der Waals surface area contributed by atoms with Crippen LogP contribution in [0.3, 0.4) is 0 Å². The summed E-state index contributed by atoms with van der Waals surface area (Å²) in [6.07, 6.45) is 9.91. The normalized spacial score (nSPS) is 10.8. The lowest BCUT2D eigenvalue weighted by Crippen LogP contribution is -2.04. The van der Waals surface area contributed by atoms with Crippen molar-refractivity contribution in [2.24, 2.45) is 0 Å². The van der Waals surface area contributed by atoms with Gasteiger partial charge in [0.1, 0.15) is 18.1 Å². The third kappa shape index (κ3) is 8.05. The van der Waals surface area contributed by atoms with Gasteiger partial charge in [-0.1, -0.05) is 64.0 Å². The fourth-order valence-electron chi connectivity index (χ4n) is 3.37. The zero-order valence-electron chi connectivity index (χ0n) is 18.6. The van der Waals surface area contributed by atoms with E-state index in [1.807, 2.05) is 32.0 Å². The fourth-order valence-corrected chi connectivity index (χ4v) is 3.37. The van der Waals surface area contributed by atoms with Crippen molar-refractivity contribution in [2.75, 3.05) is 6.61 Å². The maximum atomic E-state index is 11.2. The van der Waals surface area contributed by atoms with Crippen molar-refractivity contribution < 1.29 is 14.4 Å². The number of aryl methyl sites for hydroxylation is 2. The summed E-state index contributed by atoms with van der Waals surface area (Å²) in [5.41, 5.74) is 2.90. The molecule has 2 aromatic carbocycles. The van der Waals surface area contributed by atoms with Crippen molar-refractivity contribution in [1.82, 2.24) is 0 Å². The smallest absolute Gasteiger partial charge is 0.270 e. The molecule has 0 aromatic heterocycles. The van der Waals surface area contributed by atoms with Gasteiger partial charge < -0.3 is 9.47 Å². The van der Waals surface area contributed by atoms with Crippen molar-refractivity contribution in [3.63, 3.8) is 0 Å². The Labute approximate surface area is 180 Å². The molecule has 0 heterocycles. The average molecular weight is 414 g/mol. The predicted molar refractivity (Wildman–Crippen MR) is 121 cm³/mol. The highest BCUT2D eigenvalue weighted by atomic mass is 16.6. The third-order valence-electron chi connectivity index (χ3n) is 5.24. The van der Waals surface area contributed by atoms with Crippen LogP contribution in [0.5, 0.6) is 11.5 Å². The molecular formula is C25H35NO4. The van der Waals surface area contributed by atoms with E-state index in [4.69, 9.17) is 9.47 Å². The maximum absolute atomic E-state index is 11.2. The standard InChI is InChI=1S/C25H35NO4/c1-4-5-6-7-8-9-10-11-16-29-24-15-14-23(26(27)28)18-22(24)19-30-25-17-20(2)12-13-21(25)3/h12-15,17-18H,4-11,16,19H2,1-3H3. The molecule has 0 saturated heterocycles. The highest BCUT2D eigenvalue weighted by molar-refractivity contribution is 5.44. The van der Waals surface area contributed by atoms with Gasteiger partial charge in [0.05, 0.1) is 11.5 Å². The Kier molecular flexibility index (Phi) is 10.2. The maximum Gasteiger partial charge on any atom is 0.270 e. The Bertz CT molecular complexity index is 804. The zero-order valence-corrected chi connectivity index (χ0v) is 18.6. The molecule has 0 spiro atoms. The number of hydrogen-bond acceptors (Lipinski definition) is 4. The van der Waals surface area contributed by atoms with Crippen LogP contribution in [0.25, 0.3) is 0 Å². The molecule has 5 heteroatoms. The topological polar surface area (TPSA) is 61.6 Å². The molecule has 0 N–H and O–H groups in total. The van der Waals surface area contributed by atoms with Gasteiger partial charge in [0.2, 0.25) is 0 Å². The first-order valence-electron chi connectivity index (χ1n) is 11.1. The Morgan fingerprint density at radius 3 is 2.23 bits per heavy atom. The Morgan fingerprint density at radius 2 is 1.53 bits per heavy atom. The lowest BCUT2D eigenvalue weighted by molar-refractivity contribution is -0.385. The number of benzene rings is 2. The highest BCUT2D eigenvalue weighted by Crippen LogP contribution is 2.27. The number of unbranched alkanes of at least 4 members (excludes halogenated alkanes) is 7. The van der Waals surface area contributed by atoms with Gasteiger partial charge in [-0.05, 0) is 43.5 Å². The first-order chi connectivity index (χ1) is 14.5. The van der Waals surface area contributed by atoms with Gasteiger partial charge in [-0.2, -0.15) is 0 Å². The molecule has 30 heavy (non-hydrogen) atoms. The van der Waals surface area contributed by atoms with Crippen molar-refractivity contribution >= 4 is 5.69 Å². The van der Waals surface area contributed by atoms with Gasteiger partial charge in [0.25, 0.3) is 5.69 Å². The summed E-state index contributed by atoms with van der Waals surface area (Å²) in [4.78, 5) is 10.8. The van der Waals surface area contributed by atoms with E-state index in [1.54, 1.807) is 12.1 Å². The molecule has 2 rings (SSSR count). The third-order valence-corrected chi connectivity index (χ3v) is 5.24. The van der Waals surface area contributed by atoms with E-state index < -0.39 is 0 Å². The van der Waals surface area contributed by atoms with Gasteiger partial charge in [0, 0.05) is 17.7 Å². The van der Waals surface area contributed by atoms with E-state index in [9.17, 15) is 10.1 Å². The molecule has 5 nitrogen and oxygen atoms in total. The first kappa shape index (κ1) is 23.7. The van der Waals surface area contributed by atoms with Crippen LogP contribution >= 0.6 is 0 Å². The minimum absolute atomic E-state index is 0.0500. The summed E-state index contributed by atoms with van der Waals surface area (Å²) in [6, 6.07) is 10.8. The molecule has 2 aromatic rings. The van der Waals surface area contributed by atoms with Crippen molar-refractivity contribution in [3.05, 3.63) is 63.2 Å². The largest absolute Gasteiger partial charge is 0.493 e. The molecule has 164 valence electrons. The van der Waals surface area contributed by atoms with Gasteiger partial charge in [0.15, 0.2) is 0 Å². The molecule has 0 atom stereocenters. The van der Waals surface area contributed by atoms with Crippen LogP contribution in [0.15, 0.2) is 36.4 Å². The quantitative estimate of drug-likeness (QED) is 0.185. The van der Waals surface area contributed by atoms with Gasteiger partial charge in [-0.25, -0.2) is 0 Å². The first-order valence-corrected chi connectivity index (χ1v) is 11.1. The van der Waals surface area contributed by atoms with Crippen molar-refractivity contribution in [2.45, 2.75) is 78.7 Å². The summed E-state index contributed by atoms with van der Waals surface area (Å²) in [6.45, 7) is 7.08. The number of hydrogen-bond donors (Lipinski definition) is 0. The number of nitro groups is 1. The lowest BCUT2D eigenvalue weighted by Gasteiger charge is -2.14. The van der Waals surface area contributed by atoms with Crippen molar-refractivity contribution in [3.8, 4) is 11.5 Å². The van der Waals surface area contributed by atoms with E-state index in [-0.39, 0.29) is 17.2 Å². The second-order valence-corrected chi connectivity index (χ2v) is 7.93. The molecule has 0 radical (unpaired) electrons. The Hall–Kier alpha value is -2.56. The zero-order chi connectivity index (χ0) is 21.8. The monoisotopic (exact) mass is 413 g/mol. The van der Waals surface area contributed by atoms with Crippen LogP contribution < -0.4 is 9.47 Å². The Balaban J connectivity index is 1.90. The lowest BCUT2D eigenvalue weighted by atomic mass is 10.1. The molecule has 0 aliphatic rings. The number of rotatable bonds is 14. The van der Waals surface area contributed by atoms with Gasteiger partial charge >= 0.3 is 0 Å². The molecule has 0 bridgehead atoms. The average Bonchev–Trinajstić information content (AvgIpc) is 2.73. The second kappa shape index (κ2) is 12.9. The summed E-state index contributed by atoms with van der Waals surface area (Å²) in [5, 5.41) is 11.2. The van der Waals surface area contributed by atoms with Crippen LogP contribution in [0, 0.1) is 24.0 Å². The van der Waals surface area contributed by atoms with E-state index >= 15 is 0 Å².